The summed E-state index contributed by atoms with van der Waals surface area (Å²) in [6.45, 7) is 15.0. The maximum Gasteiger partial charge on any atom is 0.307 e. The van der Waals surface area contributed by atoms with Gasteiger partial charge in [-0.25, -0.2) is 0 Å². The van der Waals surface area contributed by atoms with Crippen LogP contribution in [0.3, 0.4) is 0 Å². The number of carbonyl (C=O) groups excluding carboxylic acids is 6. The SMILES string of the molecule is C=CCC(NC(=O)[C@@H]1CCCN1C(=O)[C@@H](CC(=O)OC(C)(C)C)C(C)(C)C)C(=O)C(=O)NCC(=O)NCC1CCCCC1. The van der Waals surface area contributed by atoms with E-state index in [9.17, 15) is 28.8 Å². The summed E-state index contributed by atoms with van der Waals surface area (Å²) in [6, 6.07) is -2.06. The molecule has 0 aromatic rings. The fourth-order valence-corrected chi connectivity index (χ4v) is 5.60. The normalized spacial score (nSPS) is 19.1. The van der Waals surface area contributed by atoms with E-state index in [0.29, 0.717) is 31.8 Å². The van der Waals surface area contributed by atoms with Crippen molar-refractivity contribution in [1.29, 1.82) is 0 Å². The predicted molar refractivity (Wildman–Crippen MR) is 162 cm³/mol. The van der Waals surface area contributed by atoms with Crippen LogP contribution in [0, 0.1) is 17.3 Å². The van der Waals surface area contributed by atoms with E-state index in [4.69, 9.17) is 4.74 Å². The van der Waals surface area contributed by atoms with Gasteiger partial charge in [-0.1, -0.05) is 46.1 Å². The molecule has 3 atom stereocenters. The van der Waals surface area contributed by atoms with E-state index in [-0.39, 0.29) is 31.2 Å². The lowest BCUT2D eigenvalue weighted by Gasteiger charge is -2.35. The number of rotatable bonds is 13. The minimum Gasteiger partial charge on any atom is -0.460 e. The first-order valence-corrected chi connectivity index (χ1v) is 15.6. The number of ketones is 1. The van der Waals surface area contributed by atoms with Crippen LogP contribution in [0.1, 0.15) is 99.3 Å². The van der Waals surface area contributed by atoms with Gasteiger partial charge in [-0.2, -0.15) is 0 Å². The Morgan fingerprint density at radius 2 is 1.58 bits per heavy atom. The molecule has 0 bridgehead atoms. The smallest absolute Gasteiger partial charge is 0.307 e. The largest absolute Gasteiger partial charge is 0.460 e. The highest BCUT2D eigenvalue weighted by molar-refractivity contribution is 6.38. The van der Waals surface area contributed by atoms with Crippen molar-refractivity contribution in [3.8, 4) is 0 Å². The van der Waals surface area contributed by atoms with E-state index in [1.807, 2.05) is 20.8 Å². The van der Waals surface area contributed by atoms with Gasteiger partial charge in [0.1, 0.15) is 17.7 Å². The van der Waals surface area contributed by atoms with Crippen LogP contribution in [0.5, 0.6) is 0 Å². The highest BCUT2D eigenvalue weighted by atomic mass is 16.6. The molecule has 3 N–H and O–H groups in total. The highest BCUT2D eigenvalue weighted by Gasteiger charge is 2.43. The highest BCUT2D eigenvalue weighted by Crippen LogP contribution is 2.34. The average molecular weight is 605 g/mol. The molecular formula is C32H52N4O7. The Labute approximate surface area is 256 Å². The van der Waals surface area contributed by atoms with Crippen LogP contribution in [0.25, 0.3) is 0 Å². The third kappa shape index (κ3) is 11.8. The van der Waals surface area contributed by atoms with Crippen LogP contribution in [-0.2, 0) is 33.5 Å². The van der Waals surface area contributed by atoms with Gasteiger partial charge in [0.2, 0.25) is 23.5 Å². The summed E-state index contributed by atoms with van der Waals surface area (Å²) in [5.74, 6) is -3.95. The van der Waals surface area contributed by atoms with Crippen LogP contribution in [0.15, 0.2) is 12.7 Å². The molecule has 242 valence electrons. The monoisotopic (exact) mass is 604 g/mol. The molecule has 1 saturated carbocycles. The van der Waals surface area contributed by atoms with E-state index in [0.717, 1.165) is 25.7 Å². The van der Waals surface area contributed by atoms with Gasteiger partial charge < -0.3 is 25.6 Å². The number of carbonyl (C=O) groups is 6. The second-order valence-corrected chi connectivity index (χ2v) is 13.8. The fourth-order valence-electron chi connectivity index (χ4n) is 5.60. The van der Waals surface area contributed by atoms with Gasteiger partial charge in [0.15, 0.2) is 0 Å². The number of esters is 1. The summed E-state index contributed by atoms with van der Waals surface area (Å²) in [6.07, 6.45) is 7.89. The van der Waals surface area contributed by atoms with Crippen molar-refractivity contribution >= 4 is 35.4 Å². The summed E-state index contributed by atoms with van der Waals surface area (Å²) in [5, 5.41) is 7.78. The molecule has 11 heteroatoms. The first-order valence-electron chi connectivity index (χ1n) is 15.6. The zero-order chi connectivity index (χ0) is 32.4. The molecule has 11 nitrogen and oxygen atoms in total. The molecule has 43 heavy (non-hydrogen) atoms. The van der Waals surface area contributed by atoms with E-state index < -0.39 is 52.6 Å². The minimum absolute atomic E-state index is 0.00417. The maximum atomic E-state index is 13.7. The van der Waals surface area contributed by atoms with Crippen molar-refractivity contribution in [2.45, 2.75) is 117 Å². The lowest BCUT2D eigenvalue weighted by atomic mass is 9.77. The lowest BCUT2D eigenvalue weighted by molar-refractivity contribution is -0.161. The Bertz CT molecular complexity index is 1040. The van der Waals surface area contributed by atoms with Crippen LogP contribution in [-0.4, -0.2) is 77.6 Å². The Hall–Kier alpha value is -3.24. The van der Waals surface area contributed by atoms with Crippen molar-refractivity contribution in [3.63, 3.8) is 0 Å². The summed E-state index contributed by atoms with van der Waals surface area (Å²) in [7, 11) is 0. The van der Waals surface area contributed by atoms with Crippen molar-refractivity contribution in [2.24, 2.45) is 17.3 Å². The Kier molecular flexibility index (Phi) is 13.4. The number of likely N-dealkylation sites (tertiary alicyclic amines) is 1. The molecule has 2 fully saturated rings. The lowest BCUT2D eigenvalue weighted by Crippen LogP contribution is -2.55. The third-order valence-electron chi connectivity index (χ3n) is 7.95. The summed E-state index contributed by atoms with van der Waals surface area (Å²) in [5.41, 5.74) is -1.28. The second kappa shape index (κ2) is 16.0. The van der Waals surface area contributed by atoms with Crippen LogP contribution in [0.2, 0.25) is 0 Å². The molecule has 4 amide bonds. The van der Waals surface area contributed by atoms with Gasteiger partial charge in [-0.3, -0.25) is 28.8 Å². The van der Waals surface area contributed by atoms with Crippen molar-refractivity contribution < 1.29 is 33.5 Å². The zero-order valence-electron chi connectivity index (χ0n) is 26.9. The summed E-state index contributed by atoms with van der Waals surface area (Å²) < 4.78 is 5.46. The topological polar surface area (TPSA) is 151 Å². The third-order valence-corrected chi connectivity index (χ3v) is 7.95. The molecule has 2 rings (SSSR count). The summed E-state index contributed by atoms with van der Waals surface area (Å²) >= 11 is 0. The Morgan fingerprint density at radius 1 is 0.930 bits per heavy atom. The molecule has 1 unspecified atom stereocenters. The molecular weight excluding hydrogens is 552 g/mol. The quantitative estimate of drug-likeness (QED) is 0.166. The van der Waals surface area contributed by atoms with Gasteiger partial charge in [0.25, 0.3) is 5.91 Å². The van der Waals surface area contributed by atoms with E-state index in [1.165, 1.54) is 17.4 Å². The number of ether oxygens (including phenoxy) is 1. The molecule has 1 heterocycles. The molecule has 0 aromatic heterocycles. The number of hydrogen-bond donors (Lipinski definition) is 3. The Morgan fingerprint density at radius 3 is 2.16 bits per heavy atom. The van der Waals surface area contributed by atoms with Gasteiger partial charge in [-0.15, -0.1) is 6.58 Å². The van der Waals surface area contributed by atoms with E-state index in [2.05, 4.69) is 22.5 Å². The number of amides is 4. The number of nitrogens with one attached hydrogen (secondary N) is 3. The molecule has 2 aliphatic rings. The van der Waals surface area contributed by atoms with Crippen LogP contribution >= 0.6 is 0 Å². The molecule has 1 aliphatic heterocycles. The zero-order valence-corrected chi connectivity index (χ0v) is 26.9. The first kappa shape index (κ1) is 36.0. The molecule has 0 spiro atoms. The van der Waals surface area contributed by atoms with Gasteiger partial charge in [0.05, 0.1) is 18.9 Å². The number of nitrogens with zero attached hydrogens (tertiary/aromatic N) is 1. The molecule has 0 aromatic carbocycles. The maximum absolute atomic E-state index is 13.7. The number of Topliss-reactive ketones (excluding diaryl/α,β-unsaturated/α-hetero) is 1. The molecule has 1 aliphatic carbocycles. The van der Waals surface area contributed by atoms with Crippen molar-refractivity contribution in [2.75, 3.05) is 19.6 Å². The van der Waals surface area contributed by atoms with E-state index >= 15 is 0 Å². The molecule has 1 saturated heterocycles. The molecule has 0 radical (unpaired) electrons. The number of hydrogen-bond acceptors (Lipinski definition) is 7. The van der Waals surface area contributed by atoms with E-state index in [1.54, 1.807) is 20.8 Å². The first-order chi connectivity index (χ1) is 20.0. The van der Waals surface area contributed by atoms with Crippen molar-refractivity contribution in [1.82, 2.24) is 20.9 Å². The van der Waals surface area contributed by atoms with Crippen LogP contribution < -0.4 is 16.0 Å². The average Bonchev–Trinajstić information content (AvgIpc) is 3.42. The minimum atomic E-state index is -1.20. The standard InChI is InChI=1S/C32H52N4O7/c1-8-13-23(27(39)29(41)34-20-25(37)33-19-21-14-10-9-11-15-21)35-28(40)24-16-12-17-36(24)30(42)22(31(2,3)4)18-26(38)43-32(5,6)7/h8,21-24H,1,9-20H2,2-7H3,(H,33,37)(H,34,41)(H,35,40)/t22-,23?,24+/m1/s1. The van der Waals surface area contributed by atoms with Crippen LogP contribution in [0.4, 0.5) is 0 Å². The van der Waals surface area contributed by atoms with Gasteiger partial charge >= 0.3 is 5.97 Å². The fraction of sp³-hybridized carbons (Fsp3) is 0.750. The van der Waals surface area contributed by atoms with Gasteiger partial charge in [0, 0.05) is 13.1 Å². The van der Waals surface area contributed by atoms with Crippen molar-refractivity contribution in [3.05, 3.63) is 12.7 Å². The summed E-state index contributed by atoms with van der Waals surface area (Å²) in [4.78, 5) is 79.0. The van der Waals surface area contributed by atoms with Gasteiger partial charge in [-0.05, 0) is 64.2 Å². The predicted octanol–water partition coefficient (Wildman–Crippen LogP) is 2.81. The second-order valence-electron chi connectivity index (χ2n) is 13.8. The Balaban J connectivity index is 2.00.